The Balaban J connectivity index is 2.10. The average molecular weight is 608 g/mol. The number of halogens is 1. The number of para-hydroxylation sites is 2. The lowest BCUT2D eigenvalue weighted by Gasteiger charge is -2.35. The summed E-state index contributed by atoms with van der Waals surface area (Å²) in [6.45, 7) is 9.30. The number of nitrogens with zero attached hydrogens (tertiary/aromatic N) is 1. The molecule has 0 aromatic heterocycles. The van der Waals surface area contributed by atoms with E-state index in [4.69, 9.17) is 16.3 Å². The zero-order valence-corrected chi connectivity index (χ0v) is 26.3. The van der Waals surface area contributed by atoms with Crippen molar-refractivity contribution < 1.29 is 24.2 Å². The van der Waals surface area contributed by atoms with Gasteiger partial charge in [0.25, 0.3) is 5.91 Å². The molecule has 3 rings (SSSR count). The zero-order chi connectivity index (χ0) is 31.6. The number of hydrogen-bond acceptors (Lipinski definition) is 5. The molecular weight excluding hydrogens is 566 g/mol. The minimum atomic E-state index is -1.22. The van der Waals surface area contributed by atoms with Crippen molar-refractivity contribution in [2.75, 3.05) is 11.9 Å². The van der Waals surface area contributed by atoms with Gasteiger partial charge in [-0.2, -0.15) is 0 Å². The molecule has 3 amide bonds. The first kappa shape index (κ1) is 33.5. The van der Waals surface area contributed by atoms with Gasteiger partial charge in [0, 0.05) is 18.5 Å². The molecule has 0 saturated carbocycles. The number of anilines is 1. The Morgan fingerprint density at radius 3 is 2.26 bits per heavy atom. The van der Waals surface area contributed by atoms with E-state index in [1.165, 1.54) is 11.0 Å². The van der Waals surface area contributed by atoms with Crippen LogP contribution in [0.4, 0.5) is 10.5 Å². The number of aromatic hydroxyl groups is 1. The predicted octanol–water partition coefficient (Wildman–Crippen LogP) is 7.19. The van der Waals surface area contributed by atoms with Crippen molar-refractivity contribution >= 4 is 35.2 Å². The van der Waals surface area contributed by atoms with Crippen LogP contribution in [-0.4, -0.2) is 46.1 Å². The van der Waals surface area contributed by atoms with Crippen molar-refractivity contribution in [2.45, 2.75) is 78.0 Å². The summed E-state index contributed by atoms with van der Waals surface area (Å²) in [6, 6.07) is 18.8. The smallest absolute Gasteiger partial charge is 0.408 e. The third-order valence-electron chi connectivity index (χ3n) is 6.82. The topological polar surface area (TPSA) is 108 Å². The van der Waals surface area contributed by atoms with Crippen LogP contribution in [0.2, 0.25) is 5.02 Å². The van der Waals surface area contributed by atoms with E-state index < -0.39 is 35.6 Å². The number of nitrogens with one attached hydrogen (secondary N) is 2. The van der Waals surface area contributed by atoms with Gasteiger partial charge in [0.15, 0.2) is 0 Å². The number of hydrogen-bond donors (Lipinski definition) is 3. The molecule has 0 aliphatic heterocycles. The van der Waals surface area contributed by atoms with Gasteiger partial charge < -0.3 is 25.4 Å². The summed E-state index contributed by atoms with van der Waals surface area (Å²) in [4.78, 5) is 43.1. The predicted molar refractivity (Wildman–Crippen MR) is 170 cm³/mol. The highest BCUT2D eigenvalue weighted by Gasteiger charge is 2.37. The maximum Gasteiger partial charge on any atom is 0.408 e. The molecule has 230 valence electrons. The van der Waals surface area contributed by atoms with Gasteiger partial charge in [-0.25, -0.2) is 4.79 Å². The Labute approximate surface area is 259 Å². The SMILES string of the molecule is CCCCCN(C(=O)C(Cc1ccccc1)NC(=O)OC(C)(C)C)C(C(=O)Nc1c(C)cccc1Cl)c1ccccc1O. The molecule has 8 nitrogen and oxygen atoms in total. The fraction of sp³-hybridized carbons (Fsp3) is 0.382. The molecule has 0 aliphatic rings. The van der Waals surface area contributed by atoms with Crippen LogP contribution in [0, 0.1) is 6.92 Å². The highest BCUT2D eigenvalue weighted by Crippen LogP contribution is 2.33. The molecule has 0 saturated heterocycles. The fourth-order valence-corrected chi connectivity index (χ4v) is 5.02. The summed E-state index contributed by atoms with van der Waals surface area (Å²) in [5.74, 6) is -1.16. The fourth-order valence-electron chi connectivity index (χ4n) is 4.75. The number of alkyl carbamates (subject to hydrolysis) is 1. The number of carbonyl (C=O) groups is 3. The van der Waals surface area contributed by atoms with Crippen LogP contribution in [-0.2, 0) is 20.7 Å². The Kier molecular flexibility index (Phi) is 12.0. The quantitative estimate of drug-likeness (QED) is 0.189. The van der Waals surface area contributed by atoms with E-state index in [0.717, 1.165) is 24.0 Å². The van der Waals surface area contributed by atoms with Crippen LogP contribution < -0.4 is 10.6 Å². The summed E-state index contributed by atoms with van der Waals surface area (Å²) in [6.07, 6.45) is 1.73. The van der Waals surface area contributed by atoms with E-state index in [1.807, 2.05) is 50.2 Å². The van der Waals surface area contributed by atoms with Gasteiger partial charge in [-0.15, -0.1) is 0 Å². The van der Waals surface area contributed by atoms with Crippen LogP contribution in [0.1, 0.15) is 69.7 Å². The van der Waals surface area contributed by atoms with Crippen LogP contribution in [0.5, 0.6) is 5.75 Å². The van der Waals surface area contributed by atoms with Crippen molar-refractivity contribution in [3.05, 3.63) is 94.5 Å². The standard InChI is InChI=1S/C34H42ClN3O5/c1-6-7-13-21-38(32(41)27(22-24-16-9-8-10-17-24)36-33(42)43-34(3,4)5)30(25-18-11-12-20-28(25)39)31(40)37-29-23(2)15-14-19-26(29)35/h8-12,14-20,27,30,39H,6-7,13,21-22H2,1-5H3,(H,36,42)(H,37,40). The first-order valence-electron chi connectivity index (χ1n) is 14.6. The Hall–Kier alpha value is -4.04. The average Bonchev–Trinajstić information content (AvgIpc) is 2.94. The Bertz CT molecular complexity index is 1370. The molecule has 3 aromatic rings. The summed E-state index contributed by atoms with van der Waals surface area (Å²) in [5.41, 5.74) is 1.46. The Morgan fingerprint density at radius 1 is 0.953 bits per heavy atom. The normalized spacial score (nSPS) is 12.6. The van der Waals surface area contributed by atoms with Crippen molar-refractivity contribution in [3.63, 3.8) is 0 Å². The number of amides is 3. The van der Waals surface area contributed by atoms with Gasteiger partial charge in [-0.05, 0) is 57.4 Å². The van der Waals surface area contributed by atoms with Gasteiger partial charge in [0.1, 0.15) is 23.4 Å². The summed E-state index contributed by atoms with van der Waals surface area (Å²) in [7, 11) is 0. The molecular formula is C34H42ClN3O5. The number of carbonyl (C=O) groups excluding carboxylic acids is 3. The molecule has 3 N–H and O–H groups in total. The van der Waals surface area contributed by atoms with E-state index in [-0.39, 0.29) is 24.3 Å². The molecule has 43 heavy (non-hydrogen) atoms. The van der Waals surface area contributed by atoms with Gasteiger partial charge in [-0.3, -0.25) is 9.59 Å². The first-order chi connectivity index (χ1) is 20.4. The number of benzene rings is 3. The van der Waals surface area contributed by atoms with Crippen LogP contribution >= 0.6 is 11.6 Å². The molecule has 0 aliphatic carbocycles. The second-order valence-corrected chi connectivity index (χ2v) is 11.9. The maximum absolute atomic E-state index is 14.5. The number of aryl methyl sites for hydroxylation is 1. The number of phenols is 1. The molecule has 3 aromatic carbocycles. The largest absolute Gasteiger partial charge is 0.508 e. The summed E-state index contributed by atoms with van der Waals surface area (Å²) >= 11 is 6.44. The van der Waals surface area contributed by atoms with E-state index in [2.05, 4.69) is 10.6 Å². The second kappa shape index (κ2) is 15.4. The third kappa shape index (κ3) is 9.75. The van der Waals surface area contributed by atoms with E-state index >= 15 is 0 Å². The van der Waals surface area contributed by atoms with Gasteiger partial charge in [0.2, 0.25) is 5.91 Å². The van der Waals surface area contributed by atoms with Crippen molar-refractivity contribution in [3.8, 4) is 5.75 Å². The number of unbranched alkanes of at least 4 members (excludes halogenated alkanes) is 2. The lowest BCUT2D eigenvalue weighted by atomic mass is 9.99. The van der Waals surface area contributed by atoms with E-state index in [1.54, 1.807) is 51.1 Å². The Morgan fingerprint density at radius 2 is 1.63 bits per heavy atom. The molecule has 0 radical (unpaired) electrons. The maximum atomic E-state index is 14.5. The zero-order valence-electron chi connectivity index (χ0n) is 25.5. The van der Waals surface area contributed by atoms with E-state index in [9.17, 15) is 19.5 Å². The molecule has 0 heterocycles. The minimum absolute atomic E-state index is 0.133. The summed E-state index contributed by atoms with van der Waals surface area (Å²) < 4.78 is 5.50. The highest BCUT2D eigenvalue weighted by molar-refractivity contribution is 6.34. The van der Waals surface area contributed by atoms with Crippen molar-refractivity contribution in [1.82, 2.24) is 10.2 Å². The molecule has 2 unspecified atom stereocenters. The number of rotatable bonds is 12. The van der Waals surface area contributed by atoms with Crippen molar-refractivity contribution in [2.24, 2.45) is 0 Å². The lowest BCUT2D eigenvalue weighted by molar-refractivity contribution is -0.141. The summed E-state index contributed by atoms with van der Waals surface area (Å²) in [5, 5.41) is 16.9. The molecule has 9 heteroatoms. The molecule has 0 fully saturated rings. The number of ether oxygens (including phenoxy) is 1. The molecule has 2 atom stereocenters. The molecule has 0 spiro atoms. The van der Waals surface area contributed by atoms with Crippen LogP contribution in [0.25, 0.3) is 0 Å². The third-order valence-corrected chi connectivity index (χ3v) is 7.13. The van der Waals surface area contributed by atoms with Crippen LogP contribution in [0.15, 0.2) is 72.8 Å². The van der Waals surface area contributed by atoms with Crippen molar-refractivity contribution in [1.29, 1.82) is 0 Å². The van der Waals surface area contributed by atoms with E-state index in [0.29, 0.717) is 17.1 Å². The van der Waals surface area contributed by atoms with Gasteiger partial charge in [-0.1, -0.05) is 92.0 Å². The highest BCUT2D eigenvalue weighted by atomic mass is 35.5. The van der Waals surface area contributed by atoms with Gasteiger partial charge >= 0.3 is 6.09 Å². The first-order valence-corrected chi connectivity index (χ1v) is 15.0. The molecule has 0 bridgehead atoms. The minimum Gasteiger partial charge on any atom is -0.508 e. The number of phenolic OH excluding ortho intramolecular Hbond substituents is 1. The lowest BCUT2D eigenvalue weighted by Crippen LogP contribution is -2.53. The second-order valence-electron chi connectivity index (χ2n) is 11.5. The van der Waals surface area contributed by atoms with Crippen LogP contribution in [0.3, 0.4) is 0 Å². The monoisotopic (exact) mass is 607 g/mol. The van der Waals surface area contributed by atoms with Gasteiger partial charge in [0.05, 0.1) is 10.7 Å².